The highest BCUT2D eigenvalue weighted by Gasteiger charge is 2.32. The molecule has 2 heterocycles. The van der Waals surface area contributed by atoms with Gasteiger partial charge in [-0.15, -0.1) is 0 Å². The summed E-state index contributed by atoms with van der Waals surface area (Å²) in [5.74, 6) is 0.659. The molecule has 7 nitrogen and oxygen atoms in total. The Bertz CT molecular complexity index is 889. The molecule has 0 fully saturated rings. The standard InChI is InChI=1S/C21H26N4O3/c1-14-15(6-5-9-22-14)13-23-20(27)24-16-7-8-18-17(12-16)25(10-11-28-18)19(26)21(2,3)4/h5-9,12H,10-11,13H2,1-4H3,(H2,23,24,27). The third-order valence-corrected chi connectivity index (χ3v) is 4.52. The Hall–Kier alpha value is -3.09. The van der Waals surface area contributed by atoms with E-state index < -0.39 is 5.41 Å². The van der Waals surface area contributed by atoms with Gasteiger partial charge in [-0.1, -0.05) is 26.8 Å². The van der Waals surface area contributed by atoms with Crippen LogP contribution in [0.3, 0.4) is 0 Å². The highest BCUT2D eigenvalue weighted by molar-refractivity contribution is 5.99. The van der Waals surface area contributed by atoms with Crippen LogP contribution in [-0.2, 0) is 11.3 Å². The minimum absolute atomic E-state index is 0.0192. The van der Waals surface area contributed by atoms with E-state index in [-0.39, 0.29) is 11.9 Å². The van der Waals surface area contributed by atoms with Crippen molar-refractivity contribution in [2.45, 2.75) is 34.2 Å². The molecule has 7 heteroatoms. The summed E-state index contributed by atoms with van der Waals surface area (Å²) >= 11 is 0. The lowest BCUT2D eigenvalue weighted by Crippen LogP contribution is -2.44. The van der Waals surface area contributed by atoms with Gasteiger partial charge in [0.1, 0.15) is 12.4 Å². The average Bonchev–Trinajstić information content (AvgIpc) is 2.65. The van der Waals surface area contributed by atoms with Crippen LogP contribution in [-0.4, -0.2) is 30.1 Å². The number of urea groups is 1. The maximum absolute atomic E-state index is 12.8. The van der Waals surface area contributed by atoms with E-state index in [0.29, 0.717) is 36.8 Å². The van der Waals surface area contributed by atoms with Crippen molar-refractivity contribution in [3.05, 3.63) is 47.8 Å². The number of aromatic nitrogens is 1. The van der Waals surface area contributed by atoms with Gasteiger partial charge in [0.25, 0.3) is 0 Å². The van der Waals surface area contributed by atoms with E-state index in [0.717, 1.165) is 11.3 Å². The van der Waals surface area contributed by atoms with Gasteiger partial charge in [0.05, 0.1) is 12.2 Å². The summed E-state index contributed by atoms with van der Waals surface area (Å²) in [6.45, 7) is 8.89. The van der Waals surface area contributed by atoms with E-state index in [2.05, 4.69) is 15.6 Å². The average molecular weight is 382 g/mol. The highest BCUT2D eigenvalue weighted by Crippen LogP contribution is 2.36. The summed E-state index contributed by atoms with van der Waals surface area (Å²) < 4.78 is 5.67. The van der Waals surface area contributed by atoms with Crippen molar-refractivity contribution in [1.82, 2.24) is 10.3 Å². The van der Waals surface area contributed by atoms with Crippen molar-refractivity contribution in [3.63, 3.8) is 0 Å². The molecule has 0 saturated heterocycles. The van der Waals surface area contributed by atoms with E-state index >= 15 is 0 Å². The van der Waals surface area contributed by atoms with Gasteiger partial charge in [-0.2, -0.15) is 0 Å². The lowest BCUT2D eigenvalue weighted by molar-refractivity contribution is -0.126. The van der Waals surface area contributed by atoms with Gasteiger partial charge in [0, 0.05) is 29.5 Å². The molecule has 0 bridgehead atoms. The maximum atomic E-state index is 12.8. The first-order valence-corrected chi connectivity index (χ1v) is 9.30. The van der Waals surface area contributed by atoms with Gasteiger partial charge >= 0.3 is 6.03 Å². The van der Waals surface area contributed by atoms with Crippen molar-refractivity contribution in [1.29, 1.82) is 0 Å². The molecular weight excluding hydrogens is 356 g/mol. The fourth-order valence-corrected chi connectivity index (χ4v) is 2.97. The Morgan fingerprint density at radius 2 is 2.04 bits per heavy atom. The number of carbonyl (C=O) groups excluding carboxylic acids is 2. The fourth-order valence-electron chi connectivity index (χ4n) is 2.97. The SMILES string of the molecule is Cc1ncccc1CNC(=O)Nc1ccc2c(c1)N(C(=O)C(C)(C)C)CCO2. The smallest absolute Gasteiger partial charge is 0.319 e. The number of benzene rings is 1. The summed E-state index contributed by atoms with van der Waals surface area (Å²) in [5.41, 5.74) is 2.60. The number of fused-ring (bicyclic) bond motifs is 1. The summed E-state index contributed by atoms with van der Waals surface area (Å²) in [5, 5.41) is 5.64. The fraction of sp³-hybridized carbons (Fsp3) is 0.381. The zero-order chi connectivity index (χ0) is 20.3. The molecule has 3 amide bonds. The van der Waals surface area contributed by atoms with Crippen LogP contribution in [0.25, 0.3) is 0 Å². The van der Waals surface area contributed by atoms with Gasteiger partial charge < -0.3 is 20.3 Å². The third kappa shape index (κ3) is 4.42. The molecule has 1 aromatic carbocycles. The topological polar surface area (TPSA) is 83.6 Å². The predicted molar refractivity (Wildman–Crippen MR) is 109 cm³/mol. The third-order valence-electron chi connectivity index (χ3n) is 4.52. The summed E-state index contributed by atoms with van der Waals surface area (Å²) in [4.78, 5) is 31.0. The maximum Gasteiger partial charge on any atom is 0.319 e. The molecule has 3 rings (SSSR count). The van der Waals surface area contributed by atoms with Crippen molar-refractivity contribution in [2.75, 3.05) is 23.4 Å². The molecule has 2 N–H and O–H groups in total. The van der Waals surface area contributed by atoms with Crippen LogP contribution >= 0.6 is 0 Å². The Morgan fingerprint density at radius 1 is 1.25 bits per heavy atom. The molecule has 0 aliphatic carbocycles. The number of pyridine rings is 1. The number of ether oxygens (including phenoxy) is 1. The van der Waals surface area contributed by atoms with Crippen LogP contribution in [0, 0.1) is 12.3 Å². The number of anilines is 2. The molecule has 0 radical (unpaired) electrons. The van der Waals surface area contributed by atoms with E-state index in [1.54, 1.807) is 29.3 Å². The number of rotatable bonds is 3. The Kier molecular flexibility index (Phi) is 5.53. The van der Waals surface area contributed by atoms with Crippen LogP contribution in [0.2, 0.25) is 0 Å². The van der Waals surface area contributed by atoms with Gasteiger partial charge in [0.15, 0.2) is 0 Å². The van der Waals surface area contributed by atoms with Crippen molar-refractivity contribution < 1.29 is 14.3 Å². The van der Waals surface area contributed by atoms with Crippen LogP contribution in [0.4, 0.5) is 16.2 Å². The van der Waals surface area contributed by atoms with Crippen LogP contribution < -0.4 is 20.3 Å². The molecule has 1 aliphatic heterocycles. The second kappa shape index (κ2) is 7.88. The van der Waals surface area contributed by atoms with Crippen LogP contribution in [0.5, 0.6) is 5.75 Å². The minimum Gasteiger partial charge on any atom is -0.490 e. The number of hydrogen-bond acceptors (Lipinski definition) is 4. The molecule has 0 spiro atoms. The van der Waals surface area contributed by atoms with E-state index in [1.807, 2.05) is 39.8 Å². The van der Waals surface area contributed by atoms with E-state index in [9.17, 15) is 9.59 Å². The number of amides is 3. The number of nitrogens with one attached hydrogen (secondary N) is 2. The van der Waals surface area contributed by atoms with E-state index in [1.165, 1.54) is 0 Å². The van der Waals surface area contributed by atoms with Crippen molar-refractivity contribution >= 4 is 23.3 Å². The molecule has 0 atom stereocenters. The second-order valence-corrected chi connectivity index (χ2v) is 7.79. The Balaban J connectivity index is 1.71. The summed E-state index contributed by atoms with van der Waals surface area (Å²) in [6.07, 6.45) is 1.72. The zero-order valence-corrected chi connectivity index (χ0v) is 16.7. The summed E-state index contributed by atoms with van der Waals surface area (Å²) in [7, 11) is 0. The van der Waals surface area contributed by atoms with Crippen molar-refractivity contribution in [2.24, 2.45) is 5.41 Å². The van der Waals surface area contributed by atoms with Gasteiger partial charge in [-0.25, -0.2) is 4.79 Å². The predicted octanol–water partition coefficient (Wildman–Crippen LogP) is 3.48. The van der Waals surface area contributed by atoms with Gasteiger partial charge in [0.2, 0.25) is 5.91 Å². The first kappa shape index (κ1) is 19.7. The normalized spacial score (nSPS) is 13.4. The molecular formula is C21H26N4O3. The molecule has 1 aliphatic rings. The minimum atomic E-state index is -0.503. The first-order chi connectivity index (χ1) is 13.3. The molecule has 1 aromatic heterocycles. The Morgan fingerprint density at radius 3 is 2.75 bits per heavy atom. The van der Waals surface area contributed by atoms with E-state index in [4.69, 9.17) is 4.74 Å². The molecule has 0 saturated carbocycles. The second-order valence-electron chi connectivity index (χ2n) is 7.79. The summed E-state index contributed by atoms with van der Waals surface area (Å²) in [6, 6.07) is 8.75. The number of carbonyl (C=O) groups is 2. The van der Waals surface area contributed by atoms with Crippen LogP contribution in [0.15, 0.2) is 36.5 Å². The number of aryl methyl sites for hydroxylation is 1. The van der Waals surface area contributed by atoms with Gasteiger partial charge in [-0.3, -0.25) is 9.78 Å². The zero-order valence-electron chi connectivity index (χ0n) is 16.7. The van der Waals surface area contributed by atoms with Crippen molar-refractivity contribution in [3.8, 4) is 5.75 Å². The van der Waals surface area contributed by atoms with Crippen LogP contribution in [0.1, 0.15) is 32.0 Å². The number of hydrogen-bond donors (Lipinski definition) is 2. The lowest BCUT2D eigenvalue weighted by Gasteiger charge is -2.34. The van der Waals surface area contributed by atoms with Gasteiger partial charge in [-0.05, 0) is 36.8 Å². The quantitative estimate of drug-likeness (QED) is 0.851. The molecule has 2 aromatic rings. The highest BCUT2D eigenvalue weighted by atomic mass is 16.5. The Labute approximate surface area is 165 Å². The lowest BCUT2D eigenvalue weighted by atomic mass is 9.94. The number of nitrogens with zero attached hydrogens (tertiary/aromatic N) is 2. The molecule has 148 valence electrons. The molecule has 0 unspecified atom stereocenters. The molecule has 28 heavy (non-hydrogen) atoms. The largest absolute Gasteiger partial charge is 0.490 e. The monoisotopic (exact) mass is 382 g/mol. The first-order valence-electron chi connectivity index (χ1n) is 9.30.